The Labute approximate surface area is 180 Å². The van der Waals surface area contributed by atoms with Gasteiger partial charge in [-0.25, -0.2) is 4.39 Å². The summed E-state index contributed by atoms with van der Waals surface area (Å²) in [5.74, 6) is -4.65. The third kappa shape index (κ3) is 5.28. The van der Waals surface area contributed by atoms with Crippen LogP contribution in [0.15, 0.2) is 79.0 Å². The molecule has 2 unspecified atom stereocenters. The first-order valence-electron chi connectivity index (χ1n) is 9.99. The van der Waals surface area contributed by atoms with Gasteiger partial charge in [-0.05, 0) is 42.0 Å². The molecule has 1 amide bonds. The largest absolute Gasteiger partial charge is 0.325 e. The van der Waals surface area contributed by atoms with Gasteiger partial charge in [0.2, 0.25) is 5.91 Å². The van der Waals surface area contributed by atoms with Gasteiger partial charge < -0.3 is 5.32 Å². The number of ketones is 2. The monoisotopic (exact) mass is 418 g/mol. The molecule has 0 saturated heterocycles. The second kappa shape index (κ2) is 9.89. The van der Waals surface area contributed by atoms with Crippen LogP contribution in [0.5, 0.6) is 0 Å². The van der Waals surface area contributed by atoms with E-state index in [-0.39, 0.29) is 11.5 Å². The molecule has 0 spiro atoms. The SMILES string of the molecule is CC(C)C(=O)C(C(=O)Nc1ccc(F)cc1)C(C(=O)c1ccccn1)c1ccccc1. The minimum Gasteiger partial charge on any atom is -0.325 e. The molecule has 31 heavy (non-hydrogen) atoms. The molecular formula is C25H23FN2O3. The van der Waals surface area contributed by atoms with Gasteiger partial charge >= 0.3 is 0 Å². The van der Waals surface area contributed by atoms with E-state index in [1.165, 1.54) is 30.5 Å². The van der Waals surface area contributed by atoms with Gasteiger partial charge in [0, 0.05) is 17.8 Å². The Balaban J connectivity index is 2.06. The predicted octanol–water partition coefficient (Wildman–Crippen LogP) is 4.67. The third-order valence-electron chi connectivity index (χ3n) is 4.96. The van der Waals surface area contributed by atoms with Crippen molar-refractivity contribution in [1.82, 2.24) is 4.98 Å². The normalized spacial score (nSPS) is 12.8. The molecule has 0 aliphatic rings. The van der Waals surface area contributed by atoms with Crippen molar-refractivity contribution in [3.8, 4) is 0 Å². The molecule has 2 aromatic carbocycles. The van der Waals surface area contributed by atoms with Crippen LogP contribution in [0.25, 0.3) is 0 Å². The number of carbonyl (C=O) groups excluding carboxylic acids is 3. The van der Waals surface area contributed by atoms with E-state index in [0.29, 0.717) is 11.3 Å². The summed E-state index contributed by atoms with van der Waals surface area (Å²) in [6.07, 6.45) is 1.49. The van der Waals surface area contributed by atoms with E-state index in [1.54, 1.807) is 62.4 Å². The molecular weight excluding hydrogens is 395 g/mol. The number of benzene rings is 2. The number of aromatic nitrogens is 1. The maximum Gasteiger partial charge on any atom is 0.236 e. The van der Waals surface area contributed by atoms with Crippen LogP contribution in [0.3, 0.4) is 0 Å². The van der Waals surface area contributed by atoms with E-state index in [4.69, 9.17) is 0 Å². The minimum absolute atomic E-state index is 0.174. The summed E-state index contributed by atoms with van der Waals surface area (Å²) >= 11 is 0. The highest BCUT2D eigenvalue weighted by atomic mass is 19.1. The van der Waals surface area contributed by atoms with Crippen LogP contribution < -0.4 is 5.32 Å². The van der Waals surface area contributed by atoms with Crippen LogP contribution in [0.4, 0.5) is 10.1 Å². The fraction of sp³-hybridized carbons (Fsp3) is 0.200. The van der Waals surface area contributed by atoms with Crippen LogP contribution in [0, 0.1) is 17.7 Å². The number of hydrogen-bond donors (Lipinski definition) is 1. The zero-order valence-corrected chi connectivity index (χ0v) is 17.3. The molecule has 5 nitrogen and oxygen atoms in total. The number of pyridine rings is 1. The lowest BCUT2D eigenvalue weighted by molar-refractivity contribution is -0.133. The quantitative estimate of drug-likeness (QED) is 0.426. The molecule has 0 bridgehead atoms. The lowest BCUT2D eigenvalue weighted by atomic mass is 9.76. The molecule has 3 aromatic rings. The summed E-state index contributed by atoms with van der Waals surface area (Å²) in [7, 11) is 0. The molecule has 158 valence electrons. The summed E-state index contributed by atoms with van der Waals surface area (Å²) in [6.45, 7) is 3.38. The molecule has 1 N–H and O–H groups in total. The summed E-state index contributed by atoms with van der Waals surface area (Å²) in [5.41, 5.74) is 1.06. The van der Waals surface area contributed by atoms with Gasteiger partial charge in [-0.2, -0.15) is 0 Å². The Morgan fingerprint density at radius 1 is 0.871 bits per heavy atom. The standard InChI is InChI=1S/C25H23FN2O3/c1-16(2)23(29)22(25(31)28-19-13-11-18(26)12-14-19)21(17-8-4-3-5-9-17)24(30)20-10-6-7-15-27-20/h3-16,21-22H,1-2H3,(H,28,31). The maximum atomic E-state index is 13.5. The molecule has 1 aromatic heterocycles. The second-order valence-electron chi connectivity index (χ2n) is 7.50. The van der Waals surface area contributed by atoms with Crippen molar-refractivity contribution in [1.29, 1.82) is 0 Å². The number of nitrogens with zero attached hydrogens (tertiary/aromatic N) is 1. The smallest absolute Gasteiger partial charge is 0.236 e. The van der Waals surface area contributed by atoms with Crippen LogP contribution >= 0.6 is 0 Å². The Kier molecular flexibility index (Phi) is 7.03. The molecule has 0 radical (unpaired) electrons. The minimum atomic E-state index is -1.28. The number of carbonyl (C=O) groups is 3. The van der Waals surface area contributed by atoms with Crippen LogP contribution in [0.1, 0.15) is 35.8 Å². The van der Waals surface area contributed by atoms with Crippen molar-refractivity contribution in [2.45, 2.75) is 19.8 Å². The topological polar surface area (TPSA) is 76.1 Å². The van der Waals surface area contributed by atoms with Gasteiger partial charge in [0.1, 0.15) is 23.2 Å². The first-order chi connectivity index (χ1) is 14.9. The first kappa shape index (κ1) is 22.0. The Morgan fingerprint density at radius 2 is 1.52 bits per heavy atom. The number of Topliss-reactive ketones (excluding diaryl/α,β-unsaturated/α-hetero) is 2. The summed E-state index contributed by atoms with van der Waals surface area (Å²) in [5, 5.41) is 2.66. The van der Waals surface area contributed by atoms with Crippen molar-refractivity contribution >= 4 is 23.2 Å². The number of nitrogens with one attached hydrogen (secondary N) is 1. The zero-order valence-electron chi connectivity index (χ0n) is 17.3. The Morgan fingerprint density at radius 3 is 2.10 bits per heavy atom. The van der Waals surface area contributed by atoms with Crippen molar-refractivity contribution in [3.63, 3.8) is 0 Å². The highest BCUT2D eigenvalue weighted by molar-refractivity contribution is 6.14. The lowest BCUT2D eigenvalue weighted by Gasteiger charge is -2.26. The number of amides is 1. The van der Waals surface area contributed by atoms with Gasteiger partial charge in [0.25, 0.3) is 0 Å². The Hall–Kier alpha value is -3.67. The van der Waals surface area contributed by atoms with Gasteiger partial charge in [-0.15, -0.1) is 0 Å². The molecule has 3 rings (SSSR count). The van der Waals surface area contributed by atoms with E-state index in [0.717, 1.165) is 0 Å². The average molecular weight is 418 g/mol. The lowest BCUT2D eigenvalue weighted by Crippen LogP contribution is -2.40. The molecule has 1 heterocycles. The van der Waals surface area contributed by atoms with Crippen LogP contribution in [-0.2, 0) is 9.59 Å². The van der Waals surface area contributed by atoms with Crippen molar-refractivity contribution in [2.75, 3.05) is 5.32 Å². The van der Waals surface area contributed by atoms with Gasteiger partial charge in [0.05, 0.1) is 5.92 Å². The number of anilines is 1. The molecule has 0 saturated carbocycles. The molecule has 0 aliphatic carbocycles. The zero-order chi connectivity index (χ0) is 22.4. The number of hydrogen-bond acceptors (Lipinski definition) is 4. The summed E-state index contributed by atoms with van der Waals surface area (Å²) in [4.78, 5) is 44.1. The number of halogens is 1. The van der Waals surface area contributed by atoms with Crippen molar-refractivity contribution < 1.29 is 18.8 Å². The first-order valence-corrected chi connectivity index (χ1v) is 9.99. The second-order valence-corrected chi connectivity index (χ2v) is 7.50. The van der Waals surface area contributed by atoms with E-state index in [2.05, 4.69) is 10.3 Å². The van der Waals surface area contributed by atoms with Crippen LogP contribution in [0.2, 0.25) is 0 Å². The predicted molar refractivity (Wildman–Crippen MR) is 116 cm³/mol. The highest BCUT2D eigenvalue weighted by Crippen LogP contribution is 2.32. The van der Waals surface area contributed by atoms with E-state index >= 15 is 0 Å². The molecule has 2 atom stereocenters. The summed E-state index contributed by atoms with van der Waals surface area (Å²) < 4.78 is 13.2. The fourth-order valence-corrected chi connectivity index (χ4v) is 3.38. The van der Waals surface area contributed by atoms with Crippen molar-refractivity contribution in [2.24, 2.45) is 11.8 Å². The summed E-state index contributed by atoms with van der Waals surface area (Å²) in [6, 6.07) is 18.9. The van der Waals surface area contributed by atoms with E-state index in [9.17, 15) is 18.8 Å². The Bertz CT molecular complexity index is 1050. The third-order valence-corrected chi connectivity index (χ3v) is 4.96. The average Bonchev–Trinajstić information content (AvgIpc) is 2.79. The fourth-order valence-electron chi connectivity index (χ4n) is 3.38. The van der Waals surface area contributed by atoms with E-state index in [1.807, 2.05) is 0 Å². The van der Waals surface area contributed by atoms with Gasteiger partial charge in [-0.1, -0.05) is 50.2 Å². The number of rotatable bonds is 8. The van der Waals surface area contributed by atoms with Crippen molar-refractivity contribution in [3.05, 3.63) is 96.1 Å². The van der Waals surface area contributed by atoms with Gasteiger partial charge in [0.15, 0.2) is 5.78 Å². The van der Waals surface area contributed by atoms with Gasteiger partial charge in [-0.3, -0.25) is 19.4 Å². The molecule has 0 aliphatic heterocycles. The maximum absolute atomic E-state index is 13.5. The highest BCUT2D eigenvalue weighted by Gasteiger charge is 2.41. The molecule has 0 fully saturated rings. The molecule has 6 heteroatoms. The van der Waals surface area contributed by atoms with Crippen LogP contribution in [-0.4, -0.2) is 22.5 Å². The van der Waals surface area contributed by atoms with E-state index < -0.39 is 35.3 Å².